The number of anilines is 1. The number of nitrogens with one attached hydrogen (secondary N) is 1. The highest BCUT2D eigenvalue weighted by molar-refractivity contribution is 7.98. The van der Waals surface area contributed by atoms with Gasteiger partial charge in [0, 0.05) is 10.6 Å². The molecule has 0 aromatic heterocycles. The quantitative estimate of drug-likeness (QED) is 0.792. The molecule has 0 radical (unpaired) electrons. The zero-order chi connectivity index (χ0) is 12.8. The molecule has 0 aliphatic carbocycles. The molecule has 0 aliphatic rings. The summed E-state index contributed by atoms with van der Waals surface area (Å²) >= 11 is 1.65. The van der Waals surface area contributed by atoms with Crippen molar-refractivity contribution in [3.63, 3.8) is 0 Å². The van der Waals surface area contributed by atoms with E-state index >= 15 is 0 Å². The van der Waals surface area contributed by atoms with Gasteiger partial charge in [0.2, 0.25) is 5.91 Å². The molecule has 0 saturated heterocycles. The number of hydrogen-bond acceptors (Lipinski definition) is 3. The zero-order valence-electron chi connectivity index (χ0n) is 10.6. The third kappa shape index (κ3) is 4.06. The highest BCUT2D eigenvalue weighted by Gasteiger charge is 2.19. The van der Waals surface area contributed by atoms with Gasteiger partial charge in [-0.3, -0.25) is 4.79 Å². The molecule has 1 aromatic rings. The average molecular weight is 252 g/mol. The minimum absolute atomic E-state index is 0.113. The molecule has 0 bridgehead atoms. The van der Waals surface area contributed by atoms with Gasteiger partial charge in [-0.05, 0) is 30.4 Å². The Morgan fingerprint density at radius 1 is 1.53 bits per heavy atom. The fourth-order valence-corrected chi connectivity index (χ4v) is 1.90. The van der Waals surface area contributed by atoms with Gasteiger partial charge in [0.25, 0.3) is 0 Å². The highest BCUT2D eigenvalue weighted by atomic mass is 32.2. The molecule has 0 spiro atoms. The van der Waals surface area contributed by atoms with Crippen LogP contribution in [-0.4, -0.2) is 18.2 Å². The molecule has 2 unspecified atom stereocenters. The molecule has 0 heterocycles. The van der Waals surface area contributed by atoms with Crippen LogP contribution in [0.25, 0.3) is 0 Å². The fourth-order valence-electron chi connectivity index (χ4n) is 1.44. The third-order valence-electron chi connectivity index (χ3n) is 2.90. The standard InChI is InChI=1S/C13H20N2OS/c1-4-9(2)12(14)13(16)15-10-6-5-7-11(8-10)17-3/h5-9,12H,4,14H2,1-3H3,(H,15,16). The predicted octanol–water partition coefficient (Wildman–Crippen LogP) is 2.72. The van der Waals surface area contributed by atoms with Crippen LogP contribution in [0.1, 0.15) is 20.3 Å². The number of nitrogens with two attached hydrogens (primary N) is 1. The van der Waals surface area contributed by atoms with Crippen LogP contribution >= 0.6 is 11.8 Å². The molecular formula is C13H20N2OS. The summed E-state index contributed by atoms with van der Waals surface area (Å²) in [5, 5.41) is 2.85. The molecule has 1 amide bonds. The number of amides is 1. The van der Waals surface area contributed by atoms with Gasteiger partial charge in [-0.15, -0.1) is 11.8 Å². The highest BCUT2D eigenvalue weighted by Crippen LogP contribution is 2.19. The second-order valence-corrected chi connectivity index (χ2v) is 5.01. The smallest absolute Gasteiger partial charge is 0.241 e. The van der Waals surface area contributed by atoms with Crippen LogP contribution in [0.15, 0.2) is 29.2 Å². The maximum absolute atomic E-state index is 11.9. The lowest BCUT2D eigenvalue weighted by atomic mass is 9.99. The Labute approximate surface area is 107 Å². The van der Waals surface area contributed by atoms with Crippen molar-refractivity contribution in [2.75, 3.05) is 11.6 Å². The van der Waals surface area contributed by atoms with E-state index in [9.17, 15) is 4.79 Å². The van der Waals surface area contributed by atoms with Crippen molar-refractivity contribution in [1.82, 2.24) is 0 Å². The molecule has 1 rings (SSSR count). The summed E-state index contributed by atoms with van der Waals surface area (Å²) in [6, 6.07) is 7.32. The van der Waals surface area contributed by atoms with Gasteiger partial charge >= 0.3 is 0 Å². The average Bonchev–Trinajstić information content (AvgIpc) is 2.37. The molecule has 2 atom stereocenters. The van der Waals surface area contributed by atoms with E-state index < -0.39 is 6.04 Å². The Balaban J connectivity index is 2.67. The van der Waals surface area contributed by atoms with E-state index in [0.29, 0.717) is 0 Å². The van der Waals surface area contributed by atoms with Crippen LogP contribution in [-0.2, 0) is 4.79 Å². The molecule has 4 heteroatoms. The van der Waals surface area contributed by atoms with E-state index in [4.69, 9.17) is 5.73 Å². The van der Waals surface area contributed by atoms with Crippen LogP contribution in [0.5, 0.6) is 0 Å². The lowest BCUT2D eigenvalue weighted by molar-refractivity contribution is -0.118. The number of hydrogen-bond donors (Lipinski definition) is 2. The van der Waals surface area contributed by atoms with Crippen molar-refractivity contribution in [3.05, 3.63) is 24.3 Å². The van der Waals surface area contributed by atoms with Crippen LogP contribution in [0, 0.1) is 5.92 Å². The van der Waals surface area contributed by atoms with Crippen LogP contribution in [0.3, 0.4) is 0 Å². The van der Waals surface area contributed by atoms with Gasteiger partial charge in [0.15, 0.2) is 0 Å². The molecule has 3 N–H and O–H groups in total. The van der Waals surface area contributed by atoms with E-state index in [1.165, 1.54) is 0 Å². The molecule has 0 fully saturated rings. The van der Waals surface area contributed by atoms with Gasteiger partial charge in [-0.1, -0.05) is 26.3 Å². The summed E-state index contributed by atoms with van der Waals surface area (Å²) in [5.41, 5.74) is 6.68. The van der Waals surface area contributed by atoms with Crippen molar-refractivity contribution in [2.24, 2.45) is 11.7 Å². The first-order valence-electron chi connectivity index (χ1n) is 5.79. The molecular weight excluding hydrogens is 232 g/mol. The fraction of sp³-hybridized carbons (Fsp3) is 0.462. The Hall–Kier alpha value is -1.00. The maximum atomic E-state index is 11.9. The van der Waals surface area contributed by atoms with Gasteiger partial charge < -0.3 is 11.1 Å². The first-order chi connectivity index (χ1) is 8.08. The van der Waals surface area contributed by atoms with Crippen LogP contribution in [0.2, 0.25) is 0 Å². The minimum Gasteiger partial charge on any atom is -0.325 e. The number of rotatable bonds is 5. The second-order valence-electron chi connectivity index (χ2n) is 4.13. The number of benzene rings is 1. The predicted molar refractivity (Wildman–Crippen MR) is 74.3 cm³/mol. The maximum Gasteiger partial charge on any atom is 0.241 e. The van der Waals surface area contributed by atoms with Crippen LogP contribution < -0.4 is 11.1 Å². The Morgan fingerprint density at radius 3 is 2.82 bits per heavy atom. The van der Waals surface area contributed by atoms with Crippen molar-refractivity contribution in [1.29, 1.82) is 0 Å². The van der Waals surface area contributed by atoms with Gasteiger partial charge in [0.1, 0.15) is 0 Å². The first-order valence-corrected chi connectivity index (χ1v) is 7.01. The SMILES string of the molecule is CCC(C)C(N)C(=O)Nc1cccc(SC)c1. The van der Waals surface area contributed by atoms with Gasteiger partial charge in [0.05, 0.1) is 6.04 Å². The summed E-state index contributed by atoms with van der Waals surface area (Å²) < 4.78 is 0. The molecule has 1 aromatic carbocycles. The van der Waals surface area contributed by atoms with E-state index in [-0.39, 0.29) is 11.8 Å². The minimum atomic E-state index is -0.446. The zero-order valence-corrected chi connectivity index (χ0v) is 11.4. The van der Waals surface area contributed by atoms with Gasteiger partial charge in [-0.25, -0.2) is 0 Å². The normalized spacial score (nSPS) is 14.1. The molecule has 94 valence electrons. The van der Waals surface area contributed by atoms with E-state index in [2.05, 4.69) is 5.32 Å². The number of carbonyl (C=O) groups is 1. The monoisotopic (exact) mass is 252 g/mol. The summed E-state index contributed by atoms with van der Waals surface area (Å²) in [5.74, 6) is 0.0799. The Bertz CT molecular complexity index is 381. The second kappa shape index (κ2) is 6.67. The van der Waals surface area contributed by atoms with E-state index in [1.807, 2.05) is 44.4 Å². The largest absolute Gasteiger partial charge is 0.325 e. The third-order valence-corrected chi connectivity index (χ3v) is 3.62. The van der Waals surface area contributed by atoms with Crippen molar-refractivity contribution in [3.8, 4) is 0 Å². The lowest BCUT2D eigenvalue weighted by Gasteiger charge is -2.17. The van der Waals surface area contributed by atoms with Crippen molar-refractivity contribution >= 4 is 23.4 Å². The Kier molecular flexibility index (Phi) is 5.51. The molecule has 3 nitrogen and oxygen atoms in total. The topological polar surface area (TPSA) is 55.1 Å². The molecule has 17 heavy (non-hydrogen) atoms. The van der Waals surface area contributed by atoms with Gasteiger partial charge in [-0.2, -0.15) is 0 Å². The summed E-state index contributed by atoms with van der Waals surface area (Å²) in [4.78, 5) is 13.0. The van der Waals surface area contributed by atoms with Crippen LogP contribution in [0.4, 0.5) is 5.69 Å². The first kappa shape index (κ1) is 14.1. The Morgan fingerprint density at radius 2 is 2.24 bits per heavy atom. The van der Waals surface area contributed by atoms with E-state index in [0.717, 1.165) is 17.0 Å². The molecule has 0 aliphatic heterocycles. The lowest BCUT2D eigenvalue weighted by Crippen LogP contribution is -2.40. The number of carbonyl (C=O) groups excluding carboxylic acids is 1. The summed E-state index contributed by atoms with van der Waals surface area (Å²) in [7, 11) is 0. The van der Waals surface area contributed by atoms with Crippen molar-refractivity contribution in [2.45, 2.75) is 31.2 Å². The summed E-state index contributed by atoms with van der Waals surface area (Å²) in [6.07, 6.45) is 2.91. The molecule has 0 saturated carbocycles. The van der Waals surface area contributed by atoms with E-state index in [1.54, 1.807) is 11.8 Å². The number of thioether (sulfide) groups is 1. The van der Waals surface area contributed by atoms with Crippen molar-refractivity contribution < 1.29 is 4.79 Å². The summed E-state index contributed by atoms with van der Waals surface area (Å²) in [6.45, 7) is 4.02.